The molecule has 0 aromatic rings. The summed E-state index contributed by atoms with van der Waals surface area (Å²) in [5, 5.41) is 48.9. The first-order chi connectivity index (χ1) is 12.4. The van der Waals surface area contributed by atoms with E-state index in [-0.39, 0.29) is 12.2 Å². The van der Waals surface area contributed by atoms with Gasteiger partial charge in [0.1, 0.15) is 30.2 Å². The zero-order valence-electron chi connectivity index (χ0n) is 15.8. The lowest BCUT2D eigenvalue weighted by atomic mass is 9.89. The quantitative estimate of drug-likeness (QED) is 0.304. The van der Waals surface area contributed by atoms with Crippen molar-refractivity contribution in [2.45, 2.75) is 108 Å². The van der Waals surface area contributed by atoms with Gasteiger partial charge in [-0.15, -0.1) is 0 Å². The molecule has 0 saturated carbocycles. The highest BCUT2D eigenvalue weighted by atomic mass is 16.7. The maximum Gasteiger partial charge on any atom is 0.202 e. The Labute approximate surface area is 156 Å². The number of rotatable bonds is 13. The average Bonchev–Trinajstić information content (AvgIpc) is 2.62. The molecule has 5 N–H and O–H groups in total. The summed E-state index contributed by atoms with van der Waals surface area (Å²) in [6, 6.07) is 0. The van der Waals surface area contributed by atoms with E-state index in [0.29, 0.717) is 6.42 Å². The van der Waals surface area contributed by atoms with Crippen LogP contribution < -0.4 is 0 Å². The fourth-order valence-corrected chi connectivity index (χ4v) is 3.37. The van der Waals surface area contributed by atoms with Crippen LogP contribution in [0.5, 0.6) is 0 Å². The Kier molecular flexibility index (Phi) is 10.8. The van der Waals surface area contributed by atoms with Gasteiger partial charge >= 0.3 is 0 Å². The molecule has 0 unspecified atom stereocenters. The SMILES string of the molecule is CCCCCCCCCCCC(=O)C[C@]1(O)O[C@H](CO)[C@@H](O)[C@H](O)[C@@H]1O. The van der Waals surface area contributed by atoms with Crippen LogP contribution in [0, 0.1) is 0 Å². The molecule has 26 heavy (non-hydrogen) atoms. The normalized spacial score (nSPS) is 31.9. The van der Waals surface area contributed by atoms with E-state index in [0.717, 1.165) is 19.3 Å². The van der Waals surface area contributed by atoms with Gasteiger partial charge in [-0.3, -0.25) is 4.79 Å². The number of hydrogen-bond donors (Lipinski definition) is 5. The van der Waals surface area contributed by atoms with Crippen LogP contribution in [0.4, 0.5) is 0 Å². The second-order valence-corrected chi connectivity index (χ2v) is 7.40. The summed E-state index contributed by atoms with van der Waals surface area (Å²) < 4.78 is 5.11. The molecule has 0 aromatic heterocycles. The van der Waals surface area contributed by atoms with Gasteiger partial charge in [-0.1, -0.05) is 58.3 Å². The molecule has 0 aliphatic carbocycles. The Balaban J connectivity index is 2.27. The van der Waals surface area contributed by atoms with E-state index in [1.165, 1.54) is 32.1 Å². The van der Waals surface area contributed by atoms with Crippen LogP contribution in [0.2, 0.25) is 0 Å². The van der Waals surface area contributed by atoms with E-state index >= 15 is 0 Å². The highest BCUT2D eigenvalue weighted by Crippen LogP contribution is 2.31. The molecule has 7 nitrogen and oxygen atoms in total. The van der Waals surface area contributed by atoms with Crippen molar-refractivity contribution in [1.29, 1.82) is 0 Å². The summed E-state index contributed by atoms with van der Waals surface area (Å²) in [6.07, 6.45) is 3.65. The lowest BCUT2D eigenvalue weighted by Gasteiger charge is -2.45. The van der Waals surface area contributed by atoms with Gasteiger partial charge in [0.25, 0.3) is 0 Å². The highest BCUT2D eigenvalue weighted by Gasteiger charge is 2.53. The summed E-state index contributed by atoms with van der Waals surface area (Å²) in [5.41, 5.74) is 0. The molecule has 0 radical (unpaired) electrons. The standard InChI is InChI=1S/C19H36O7/c1-2-3-4-5-6-7-8-9-10-11-14(21)12-19(25)18(24)17(23)16(22)15(13-20)26-19/h15-18,20,22-25H,2-13H2,1H3/t15-,16-,17+,18+,19+/m1/s1. The largest absolute Gasteiger partial charge is 0.394 e. The number of carbonyl (C=O) groups is 1. The third kappa shape index (κ3) is 7.21. The number of aliphatic hydroxyl groups is 5. The second-order valence-electron chi connectivity index (χ2n) is 7.40. The maximum atomic E-state index is 12.1. The van der Waals surface area contributed by atoms with Crippen LogP contribution in [0.25, 0.3) is 0 Å². The zero-order valence-corrected chi connectivity index (χ0v) is 15.8. The minimum atomic E-state index is -2.29. The van der Waals surface area contributed by atoms with E-state index in [1.54, 1.807) is 0 Å². The molecule has 1 saturated heterocycles. The van der Waals surface area contributed by atoms with Gasteiger partial charge in [0.15, 0.2) is 0 Å². The van der Waals surface area contributed by atoms with E-state index in [9.17, 15) is 25.2 Å². The molecule has 7 heteroatoms. The van der Waals surface area contributed by atoms with Crippen LogP contribution in [0.3, 0.4) is 0 Å². The van der Waals surface area contributed by atoms with Crippen molar-refractivity contribution in [3.63, 3.8) is 0 Å². The monoisotopic (exact) mass is 376 g/mol. The summed E-state index contributed by atoms with van der Waals surface area (Å²) in [5.74, 6) is -2.57. The Bertz CT molecular complexity index is 401. The molecule has 0 aromatic carbocycles. The van der Waals surface area contributed by atoms with Crippen molar-refractivity contribution in [3.8, 4) is 0 Å². The third-order valence-electron chi connectivity index (χ3n) is 5.06. The third-order valence-corrected chi connectivity index (χ3v) is 5.06. The molecule has 1 fully saturated rings. The fraction of sp³-hybridized carbons (Fsp3) is 0.947. The summed E-state index contributed by atoms with van der Waals surface area (Å²) in [7, 11) is 0. The number of aliphatic hydroxyl groups excluding tert-OH is 4. The minimum absolute atomic E-state index is 0.261. The van der Waals surface area contributed by atoms with Gasteiger partial charge < -0.3 is 30.3 Å². The van der Waals surface area contributed by atoms with Crippen LogP contribution in [0.15, 0.2) is 0 Å². The van der Waals surface area contributed by atoms with Crippen molar-refractivity contribution >= 4 is 5.78 Å². The number of ketones is 1. The Morgan fingerprint density at radius 1 is 0.923 bits per heavy atom. The topological polar surface area (TPSA) is 127 Å². The van der Waals surface area contributed by atoms with E-state index in [2.05, 4.69) is 6.92 Å². The molecule has 0 amide bonds. The van der Waals surface area contributed by atoms with Gasteiger partial charge in [-0.05, 0) is 6.42 Å². The molecule has 1 rings (SSSR count). The second kappa shape index (κ2) is 12.0. The minimum Gasteiger partial charge on any atom is -0.394 e. The van der Waals surface area contributed by atoms with Crippen LogP contribution in [0.1, 0.15) is 77.6 Å². The first kappa shape index (κ1) is 23.5. The molecular weight excluding hydrogens is 340 g/mol. The van der Waals surface area contributed by atoms with E-state index in [4.69, 9.17) is 9.84 Å². The van der Waals surface area contributed by atoms with Gasteiger partial charge in [-0.25, -0.2) is 0 Å². The summed E-state index contributed by atoms with van der Waals surface area (Å²) >= 11 is 0. The van der Waals surface area contributed by atoms with Crippen LogP contribution >= 0.6 is 0 Å². The average molecular weight is 376 g/mol. The number of hydrogen-bond acceptors (Lipinski definition) is 7. The number of ether oxygens (including phenoxy) is 1. The fourth-order valence-electron chi connectivity index (χ4n) is 3.37. The van der Waals surface area contributed by atoms with Crippen molar-refractivity contribution < 1.29 is 35.1 Å². The lowest BCUT2D eigenvalue weighted by Crippen LogP contribution is -2.65. The number of unbranched alkanes of at least 4 members (excludes halogenated alkanes) is 8. The van der Waals surface area contributed by atoms with Gasteiger partial charge in [-0.2, -0.15) is 0 Å². The number of Topliss-reactive ketones (excluding diaryl/α,β-unsaturated/α-hetero) is 1. The Morgan fingerprint density at radius 3 is 2.00 bits per heavy atom. The van der Waals surface area contributed by atoms with Crippen molar-refractivity contribution in [1.82, 2.24) is 0 Å². The smallest absolute Gasteiger partial charge is 0.202 e. The number of carbonyl (C=O) groups excluding carboxylic acids is 1. The first-order valence-corrected chi connectivity index (χ1v) is 9.92. The molecule has 0 spiro atoms. The van der Waals surface area contributed by atoms with Crippen molar-refractivity contribution in [2.24, 2.45) is 0 Å². The Hall–Kier alpha value is -0.570. The summed E-state index contributed by atoms with van der Waals surface area (Å²) in [4.78, 5) is 12.1. The molecule has 1 heterocycles. The Morgan fingerprint density at radius 2 is 1.46 bits per heavy atom. The molecule has 0 bridgehead atoms. The molecule has 5 atom stereocenters. The van der Waals surface area contributed by atoms with Crippen LogP contribution in [-0.4, -0.2) is 68.1 Å². The molecule has 154 valence electrons. The van der Waals surface area contributed by atoms with Gasteiger partial charge in [0.2, 0.25) is 5.79 Å². The molecule has 1 aliphatic rings. The van der Waals surface area contributed by atoms with E-state index in [1.807, 2.05) is 0 Å². The summed E-state index contributed by atoms with van der Waals surface area (Å²) in [6.45, 7) is 1.55. The highest BCUT2D eigenvalue weighted by molar-refractivity contribution is 5.79. The first-order valence-electron chi connectivity index (χ1n) is 9.92. The van der Waals surface area contributed by atoms with Crippen LogP contribution in [-0.2, 0) is 9.53 Å². The van der Waals surface area contributed by atoms with Crippen molar-refractivity contribution in [3.05, 3.63) is 0 Å². The lowest BCUT2D eigenvalue weighted by molar-refractivity contribution is -0.347. The molecule has 1 aliphatic heterocycles. The van der Waals surface area contributed by atoms with Crippen molar-refractivity contribution in [2.75, 3.05) is 6.61 Å². The predicted molar refractivity (Wildman–Crippen MR) is 96.4 cm³/mol. The predicted octanol–water partition coefficient (Wildman–Crippen LogP) is 1.03. The van der Waals surface area contributed by atoms with Gasteiger partial charge in [0.05, 0.1) is 13.0 Å². The van der Waals surface area contributed by atoms with Gasteiger partial charge in [0, 0.05) is 6.42 Å². The molecular formula is C19H36O7. The zero-order chi connectivity index (χ0) is 19.6. The maximum absolute atomic E-state index is 12.1. The van der Waals surface area contributed by atoms with E-state index < -0.39 is 43.2 Å².